The van der Waals surface area contributed by atoms with E-state index in [0.717, 1.165) is 22.2 Å². The fraction of sp³-hybridized carbons (Fsp3) is 0.429. The third-order valence-corrected chi connectivity index (χ3v) is 3.64. The number of hydrogen-bond acceptors (Lipinski definition) is 1. The molecule has 17 heavy (non-hydrogen) atoms. The number of halogens is 1. The lowest BCUT2D eigenvalue weighted by molar-refractivity contribution is 0.537. The molecule has 0 atom stereocenters. The molecule has 1 aromatic heterocycles. The molecule has 3 heteroatoms. The van der Waals surface area contributed by atoms with Gasteiger partial charge < -0.3 is 10.3 Å². The topological polar surface area (TPSA) is 30.9 Å². The Bertz CT molecular complexity index is 567. The van der Waals surface area contributed by atoms with E-state index in [1.54, 1.807) is 6.07 Å². The van der Waals surface area contributed by atoms with Gasteiger partial charge >= 0.3 is 0 Å². The van der Waals surface area contributed by atoms with Gasteiger partial charge in [0.25, 0.3) is 0 Å². The van der Waals surface area contributed by atoms with Crippen LogP contribution in [-0.2, 0) is 12.5 Å². The highest BCUT2D eigenvalue weighted by Gasteiger charge is 2.26. The van der Waals surface area contributed by atoms with E-state index in [1.807, 2.05) is 13.1 Å². The van der Waals surface area contributed by atoms with E-state index in [2.05, 4.69) is 25.3 Å². The molecule has 0 aliphatic rings. The molecule has 2 nitrogen and oxygen atoms in total. The smallest absolute Gasteiger partial charge is 0.123 e. The largest absolute Gasteiger partial charge is 0.348 e. The number of rotatable bonds is 2. The molecular weight excluding hydrogens is 215 g/mol. The first-order valence-corrected chi connectivity index (χ1v) is 5.83. The zero-order valence-electron chi connectivity index (χ0n) is 10.8. The monoisotopic (exact) mass is 234 g/mol. The standard InChI is InChI=1S/C14H19FN2/c1-9-13(14(2,3)8-16)11-7-10(15)5-6-12(11)17(9)4/h5-7H,8,16H2,1-4H3. The Morgan fingerprint density at radius 2 is 2.00 bits per heavy atom. The molecule has 2 aromatic rings. The maximum Gasteiger partial charge on any atom is 0.123 e. The van der Waals surface area contributed by atoms with E-state index < -0.39 is 0 Å². The molecule has 0 unspecified atom stereocenters. The third-order valence-electron chi connectivity index (χ3n) is 3.64. The summed E-state index contributed by atoms with van der Waals surface area (Å²) in [5.41, 5.74) is 9.06. The average Bonchev–Trinajstić information content (AvgIpc) is 2.51. The normalized spacial score (nSPS) is 12.4. The first kappa shape index (κ1) is 12.1. The summed E-state index contributed by atoms with van der Waals surface area (Å²) in [4.78, 5) is 0. The van der Waals surface area contributed by atoms with E-state index in [4.69, 9.17) is 5.73 Å². The quantitative estimate of drug-likeness (QED) is 0.851. The predicted octanol–water partition coefficient (Wildman–Crippen LogP) is 2.86. The van der Waals surface area contributed by atoms with Crippen molar-refractivity contribution in [1.29, 1.82) is 0 Å². The molecule has 0 aliphatic heterocycles. The molecule has 0 spiro atoms. The molecule has 0 bridgehead atoms. The number of fused-ring (bicyclic) bond motifs is 1. The van der Waals surface area contributed by atoms with Gasteiger partial charge in [-0.2, -0.15) is 0 Å². The second-order valence-electron chi connectivity index (χ2n) is 5.27. The molecule has 0 fully saturated rings. The molecular formula is C14H19FN2. The molecule has 0 amide bonds. The van der Waals surface area contributed by atoms with Crippen molar-refractivity contribution in [3.05, 3.63) is 35.3 Å². The molecule has 0 radical (unpaired) electrons. The van der Waals surface area contributed by atoms with Crippen molar-refractivity contribution in [3.8, 4) is 0 Å². The van der Waals surface area contributed by atoms with Crippen molar-refractivity contribution < 1.29 is 4.39 Å². The first-order chi connectivity index (χ1) is 7.88. The van der Waals surface area contributed by atoms with Gasteiger partial charge in [-0.1, -0.05) is 13.8 Å². The highest BCUT2D eigenvalue weighted by molar-refractivity contribution is 5.86. The first-order valence-electron chi connectivity index (χ1n) is 5.83. The molecule has 0 saturated carbocycles. The Hall–Kier alpha value is -1.35. The van der Waals surface area contributed by atoms with Crippen LogP contribution in [0.4, 0.5) is 4.39 Å². The van der Waals surface area contributed by atoms with Crippen molar-refractivity contribution in [2.75, 3.05) is 6.54 Å². The second-order valence-corrected chi connectivity index (χ2v) is 5.27. The summed E-state index contributed by atoms with van der Waals surface area (Å²) in [6.07, 6.45) is 0. The van der Waals surface area contributed by atoms with Gasteiger partial charge in [0.15, 0.2) is 0 Å². The van der Waals surface area contributed by atoms with Gasteiger partial charge in [0.2, 0.25) is 0 Å². The molecule has 1 heterocycles. The highest BCUT2D eigenvalue weighted by atomic mass is 19.1. The predicted molar refractivity (Wildman–Crippen MR) is 69.7 cm³/mol. The van der Waals surface area contributed by atoms with Gasteiger partial charge in [0, 0.05) is 35.6 Å². The highest BCUT2D eigenvalue weighted by Crippen LogP contribution is 2.34. The van der Waals surface area contributed by atoms with E-state index in [0.29, 0.717) is 6.54 Å². The molecule has 0 saturated heterocycles. The minimum Gasteiger partial charge on any atom is -0.348 e. The zero-order chi connectivity index (χ0) is 12.8. The minimum absolute atomic E-state index is 0.141. The second kappa shape index (κ2) is 3.84. The van der Waals surface area contributed by atoms with Crippen LogP contribution >= 0.6 is 0 Å². The fourth-order valence-corrected chi connectivity index (χ4v) is 2.50. The van der Waals surface area contributed by atoms with Crippen molar-refractivity contribution in [2.24, 2.45) is 12.8 Å². The molecule has 2 N–H and O–H groups in total. The van der Waals surface area contributed by atoms with Gasteiger partial charge in [-0.25, -0.2) is 4.39 Å². The zero-order valence-corrected chi connectivity index (χ0v) is 10.8. The van der Waals surface area contributed by atoms with Crippen LogP contribution in [0, 0.1) is 12.7 Å². The third kappa shape index (κ3) is 1.75. The Balaban J connectivity index is 2.87. The Morgan fingerprint density at radius 1 is 1.35 bits per heavy atom. The van der Waals surface area contributed by atoms with E-state index >= 15 is 0 Å². The average molecular weight is 234 g/mol. The summed E-state index contributed by atoms with van der Waals surface area (Å²) in [5.74, 6) is -0.197. The number of hydrogen-bond donors (Lipinski definition) is 1. The lowest BCUT2D eigenvalue weighted by Gasteiger charge is -2.23. The van der Waals surface area contributed by atoms with Gasteiger partial charge in [0.1, 0.15) is 5.82 Å². The minimum atomic E-state index is -0.197. The lowest BCUT2D eigenvalue weighted by Crippen LogP contribution is -2.28. The maximum absolute atomic E-state index is 13.4. The van der Waals surface area contributed by atoms with Crippen LogP contribution in [0.15, 0.2) is 18.2 Å². The van der Waals surface area contributed by atoms with E-state index in [-0.39, 0.29) is 11.2 Å². The maximum atomic E-state index is 13.4. The van der Waals surface area contributed by atoms with Crippen molar-refractivity contribution in [2.45, 2.75) is 26.2 Å². The summed E-state index contributed by atoms with van der Waals surface area (Å²) in [6, 6.07) is 4.93. The summed E-state index contributed by atoms with van der Waals surface area (Å²) in [5, 5.41) is 0.973. The van der Waals surface area contributed by atoms with Crippen molar-refractivity contribution >= 4 is 10.9 Å². The van der Waals surface area contributed by atoms with Crippen LogP contribution in [-0.4, -0.2) is 11.1 Å². The van der Waals surface area contributed by atoms with Gasteiger partial charge in [-0.05, 0) is 30.7 Å². The van der Waals surface area contributed by atoms with Crippen molar-refractivity contribution in [1.82, 2.24) is 4.57 Å². The van der Waals surface area contributed by atoms with Crippen LogP contribution < -0.4 is 5.73 Å². The number of benzene rings is 1. The number of nitrogens with two attached hydrogens (primary N) is 1. The fourth-order valence-electron chi connectivity index (χ4n) is 2.50. The van der Waals surface area contributed by atoms with Crippen LogP contribution in [0.3, 0.4) is 0 Å². The van der Waals surface area contributed by atoms with Gasteiger partial charge in [-0.3, -0.25) is 0 Å². The Labute approximate surface area is 101 Å². The molecule has 1 aromatic carbocycles. The van der Waals surface area contributed by atoms with E-state index in [9.17, 15) is 4.39 Å². The number of aryl methyl sites for hydroxylation is 1. The summed E-state index contributed by atoms with van der Waals surface area (Å²) >= 11 is 0. The molecule has 92 valence electrons. The van der Waals surface area contributed by atoms with Crippen LogP contribution in [0.25, 0.3) is 10.9 Å². The van der Waals surface area contributed by atoms with E-state index in [1.165, 1.54) is 6.07 Å². The van der Waals surface area contributed by atoms with Gasteiger partial charge in [-0.15, -0.1) is 0 Å². The van der Waals surface area contributed by atoms with Crippen LogP contribution in [0.5, 0.6) is 0 Å². The molecule has 2 rings (SSSR count). The van der Waals surface area contributed by atoms with Crippen molar-refractivity contribution in [3.63, 3.8) is 0 Å². The SMILES string of the molecule is Cc1c(C(C)(C)CN)c2cc(F)ccc2n1C. The lowest BCUT2D eigenvalue weighted by atomic mass is 9.83. The number of aromatic nitrogens is 1. The van der Waals surface area contributed by atoms with Gasteiger partial charge in [0.05, 0.1) is 0 Å². The number of nitrogens with zero attached hydrogens (tertiary/aromatic N) is 1. The van der Waals surface area contributed by atoms with Crippen LogP contribution in [0.1, 0.15) is 25.1 Å². The summed E-state index contributed by atoms with van der Waals surface area (Å²) in [7, 11) is 2.01. The Morgan fingerprint density at radius 3 is 2.59 bits per heavy atom. The molecule has 0 aliphatic carbocycles. The van der Waals surface area contributed by atoms with Crippen LogP contribution in [0.2, 0.25) is 0 Å². The Kier molecular flexibility index (Phi) is 2.74. The summed E-state index contributed by atoms with van der Waals surface area (Å²) in [6.45, 7) is 6.80. The summed E-state index contributed by atoms with van der Waals surface area (Å²) < 4.78 is 15.5.